The maximum atomic E-state index is 12.1. The van der Waals surface area contributed by atoms with Crippen LogP contribution in [0.1, 0.15) is 24.8 Å². The van der Waals surface area contributed by atoms with E-state index < -0.39 is 11.7 Å². The predicted octanol–water partition coefficient (Wildman–Crippen LogP) is 4.96. The van der Waals surface area contributed by atoms with Gasteiger partial charge in [-0.15, -0.1) is 0 Å². The summed E-state index contributed by atoms with van der Waals surface area (Å²) < 4.78 is 41.3. The molecule has 31 heavy (non-hydrogen) atoms. The van der Waals surface area contributed by atoms with Gasteiger partial charge in [-0.1, -0.05) is 30.3 Å². The molecule has 0 radical (unpaired) electrons. The number of ether oxygens (including phenoxy) is 1. The number of hydrogen-bond acceptors (Lipinski definition) is 3. The van der Waals surface area contributed by atoms with E-state index in [1.54, 1.807) is 6.07 Å². The fraction of sp³-hybridized carbons (Fsp3) is 0.348. The van der Waals surface area contributed by atoms with Crippen LogP contribution in [-0.4, -0.2) is 30.1 Å². The molecule has 1 saturated carbocycles. The van der Waals surface area contributed by atoms with Crippen molar-refractivity contribution < 1.29 is 22.7 Å². The summed E-state index contributed by atoms with van der Waals surface area (Å²) >= 11 is 0. The Morgan fingerprint density at radius 2 is 1.81 bits per heavy atom. The van der Waals surface area contributed by atoms with Gasteiger partial charge < -0.3 is 20.4 Å². The Labute approximate surface area is 178 Å². The first-order valence-corrected chi connectivity index (χ1v) is 10.3. The molecule has 0 spiro atoms. The van der Waals surface area contributed by atoms with Crippen molar-refractivity contribution >= 4 is 22.5 Å². The molecule has 1 aliphatic heterocycles. The maximum absolute atomic E-state index is 12.1. The minimum atomic E-state index is -4.21. The molecule has 2 heterocycles. The van der Waals surface area contributed by atoms with Gasteiger partial charge in [0.15, 0.2) is 0 Å². The first-order valence-electron chi connectivity index (χ1n) is 10.3. The maximum Gasteiger partial charge on any atom is 0.416 e. The molecule has 5 rings (SSSR count). The number of alkyl halides is 3. The highest BCUT2D eigenvalue weighted by Gasteiger charge is 2.29. The van der Waals surface area contributed by atoms with Crippen molar-refractivity contribution in [1.82, 2.24) is 10.3 Å². The average Bonchev–Trinajstić information content (AvgIpc) is 3.06. The first-order chi connectivity index (χ1) is 14.9. The molecular weight excluding hydrogens is 407 g/mol. The van der Waals surface area contributed by atoms with Gasteiger partial charge in [-0.05, 0) is 37.5 Å². The smallest absolute Gasteiger partial charge is 0.416 e. The number of nitrogens with one attached hydrogen (secondary N) is 3. The van der Waals surface area contributed by atoms with Crippen LogP contribution in [-0.2, 0) is 11.0 Å². The topological polar surface area (TPSA) is 66.2 Å². The largest absolute Gasteiger partial charge is 0.490 e. The van der Waals surface area contributed by atoms with E-state index in [1.807, 2.05) is 24.4 Å². The van der Waals surface area contributed by atoms with E-state index in [2.05, 4.69) is 15.6 Å². The van der Waals surface area contributed by atoms with Gasteiger partial charge in [0.25, 0.3) is 0 Å². The summed E-state index contributed by atoms with van der Waals surface area (Å²) in [4.78, 5) is 15.2. The van der Waals surface area contributed by atoms with E-state index in [0.717, 1.165) is 60.4 Å². The molecule has 1 aromatic heterocycles. The van der Waals surface area contributed by atoms with Crippen molar-refractivity contribution in [2.24, 2.45) is 5.92 Å². The van der Waals surface area contributed by atoms with E-state index in [-0.39, 0.29) is 11.8 Å². The zero-order valence-corrected chi connectivity index (χ0v) is 16.8. The standard InChI is InChI=1S/C16H19N3O2.C7H5F3/c20-16(10-7-17-8-10)19-15-9-18-14-5-4-12(6-13(14)15)21-11-2-1-3-11;8-7(9,10)6-4-2-1-3-5-6/h4-6,9-11,17-18H,1-3,7-8H2,(H,19,20);1-5H. The fourth-order valence-corrected chi connectivity index (χ4v) is 3.29. The van der Waals surface area contributed by atoms with Gasteiger partial charge >= 0.3 is 6.18 Å². The average molecular weight is 431 g/mol. The SMILES string of the molecule is FC(F)(F)c1ccccc1.O=C(Nc1c[nH]c2ccc(OC3CCC3)cc12)C1CNC1. The zero-order valence-electron chi connectivity index (χ0n) is 16.8. The molecule has 3 aromatic rings. The number of benzene rings is 2. The van der Waals surface area contributed by atoms with Crippen LogP contribution in [0.15, 0.2) is 54.7 Å². The number of H-pyrrole nitrogens is 1. The number of hydrogen-bond donors (Lipinski definition) is 3. The third-order valence-electron chi connectivity index (χ3n) is 5.52. The molecule has 0 unspecified atom stereocenters. The monoisotopic (exact) mass is 431 g/mol. The number of rotatable bonds is 4. The lowest BCUT2D eigenvalue weighted by atomic mass is 9.96. The number of carbonyl (C=O) groups is 1. The Morgan fingerprint density at radius 1 is 1.06 bits per heavy atom. The van der Waals surface area contributed by atoms with Gasteiger partial charge in [0.1, 0.15) is 5.75 Å². The summed E-state index contributed by atoms with van der Waals surface area (Å²) in [7, 11) is 0. The van der Waals surface area contributed by atoms with Crippen LogP contribution in [0.25, 0.3) is 10.9 Å². The van der Waals surface area contributed by atoms with Crippen molar-refractivity contribution in [2.45, 2.75) is 31.5 Å². The second-order valence-electron chi connectivity index (χ2n) is 7.79. The lowest BCUT2D eigenvalue weighted by Gasteiger charge is -2.26. The molecule has 5 nitrogen and oxygen atoms in total. The number of carbonyl (C=O) groups excluding carboxylic acids is 1. The van der Waals surface area contributed by atoms with Crippen LogP contribution >= 0.6 is 0 Å². The minimum absolute atomic E-state index is 0.0833. The second-order valence-corrected chi connectivity index (χ2v) is 7.79. The number of aromatic nitrogens is 1. The Kier molecular flexibility index (Phi) is 6.18. The van der Waals surface area contributed by atoms with Crippen molar-refractivity contribution in [2.75, 3.05) is 18.4 Å². The second kappa shape index (κ2) is 9.01. The summed E-state index contributed by atoms with van der Waals surface area (Å²) in [6.45, 7) is 1.54. The number of amides is 1. The Bertz CT molecular complexity index is 1030. The Balaban J connectivity index is 0.000000196. The van der Waals surface area contributed by atoms with E-state index in [0.29, 0.717) is 6.10 Å². The lowest BCUT2D eigenvalue weighted by Crippen LogP contribution is -2.48. The van der Waals surface area contributed by atoms with Crippen LogP contribution in [0, 0.1) is 5.92 Å². The third-order valence-corrected chi connectivity index (χ3v) is 5.52. The molecule has 1 saturated heterocycles. The lowest BCUT2D eigenvalue weighted by molar-refractivity contribution is -0.137. The van der Waals surface area contributed by atoms with Crippen LogP contribution in [0.2, 0.25) is 0 Å². The minimum Gasteiger partial charge on any atom is -0.490 e. The molecule has 2 aromatic carbocycles. The Hall–Kier alpha value is -3.00. The van der Waals surface area contributed by atoms with Crippen LogP contribution in [0.3, 0.4) is 0 Å². The van der Waals surface area contributed by atoms with E-state index in [1.165, 1.54) is 18.6 Å². The van der Waals surface area contributed by atoms with Crippen LogP contribution in [0.5, 0.6) is 5.75 Å². The summed E-state index contributed by atoms with van der Waals surface area (Å²) in [5.41, 5.74) is 1.24. The van der Waals surface area contributed by atoms with Crippen molar-refractivity contribution in [1.29, 1.82) is 0 Å². The molecular formula is C23H24F3N3O2. The molecule has 1 amide bonds. The Morgan fingerprint density at radius 3 is 2.35 bits per heavy atom. The zero-order chi connectivity index (χ0) is 21.8. The highest BCUT2D eigenvalue weighted by molar-refractivity contribution is 6.03. The highest BCUT2D eigenvalue weighted by Crippen LogP contribution is 2.31. The number of fused-ring (bicyclic) bond motifs is 1. The normalized spacial score (nSPS) is 16.6. The van der Waals surface area contributed by atoms with E-state index in [4.69, 9.17) is 4.74 Å². The van der Waals surface area contributed by atoms with E-state index in [9.17, 15) is 18.0 Å². The third kappa shape index (κ3) is 5.19. The summed E-state index contributed by atoms with van der Waals surface area (Å²) in [5.74, 6) is 1.05. The number of aromatic amines is 1. The fourth-order valence-electron chi connectivity index (χ4n) is 3.29. The molecule has 8 heteroatoms. The van der Waals surface area contributed by atoms with Gasteiger partial charge in [0.05, 0.1) is 23.3 Å². The quantitative estimate of drug-likeness (QED) is 0.547. The molecule has 2 fully saturated rings. The molecule has 164 valence electrons. The van der Waals surface area contributed by atoms with Gasteiger partial charge in [0, 0.05) is 30.2 Å². The molecule has 0 atom stereocenters. The number of anilines is 1. The van der Waals surface area contributed by atoms with Crippen molar-refractivity contribution in [3.05, 3.63) is 60.3 Å². The summed E-state index contributed by atoms with van der Waals surface area (Å²) in [6.07, 6.45) is 1.55. The van der Waals surface area contributed by atoms with Gasteiger partial charge in [-0.3, -0.25) is 4.79 Å². The van der Waals surface area contributed by atoms with Gasteiger partial charge in [-0.2, -0.15) is 13.2 Å². The molecule has 0 bridgehead atoms. The van der Waals surface area contributed by atoms with E-state index >= 15 is 0 Å². The van der Waals surface area contributed by atoms with Crippen molar-refractivity contribution in [3.8, 4) is 5.75 Å². The summed E-state index contributed by atoms with van der Waals surface area (Å²) in [6, 6.07) is 12.4. The van der Waals surface area contributed by atoms with Gasteiger partial charge in [-0.25, -0.2) is 0 Å². The molecule has 1 aliphatic carbocycles. The van der Waals surface area contributed by atoms with Gasteiger partial charge in [0.2, 0.25) is 5.91 Å². The highest BCUT2D eigenvalue weighted by atomic mass is 19.4. The molecule has 3 N–H and O–H groups in total. The first kappa shape index (κ1) is 21.2. The summed E-state index contributed by atoms with van der Waals surface area (Å²) in [5, 5.41) is 7.13. The number of halogens is 3. The van der Waals surface area contributed by atoms with Crippen molar-refractivity contribution in [3.63, 3.8) is 0 Å². The van der Waals surface area contributed by atoms with Crippen LogP contribution < -0.4 is 15.4 Å². The molecule has 2 aliphatic rings. The van der Waals surface area contributed by atoms with Crippen LogP contribution in [0.4, 0.5) is 18.9 Å². The predicted molar refractivity (Wildman–Crippen MR) is 113 cm³/mol.